The lowest BCUT2D eigenvalue weighted by Gasteiger charge is -2.10. The number of nitrogens with zero attached hydrogens (tertiary/aromatic N) is 5. The van der Waals surface area contributed by atoms with Crippen molar-refractivity contribution in [2.75, 3.05) is 5.32 Å². The fourth-order valence-electron chi connectivity index (χ4n) is 3.49. The highest BCUT2D eigenvalue weighted by atomic mass is 16.5. The highest BCUT2D eigenvalue weighted by molar-refractivity contribution is 5.66. The number of ether oxygens (including phenoxy) is 1. The minimum atomic E-state index is 0.358. The van der Waals surface area contributed by atoms with E-state index in [1.807, 2.05) is 41.1 Å². The number of aryl methyl sites for hydroxylation is 1. The molecule has 5 rings (SSSR count). The molecule has 7 heteroatoms. The highest BCUT2D eigenvalue weighted by Crippen LogP contribution is 2.31. The summed E-state index contributed by atoms with van der Waals surface area (Å²) in [5.41, 5.74) is 6.01. The third-order valence-electron chi connectivity index (χ3n) is 4.91. The van der Waals surface area contributed by atoms with Crippen LogP contribution in [0.3, 0.4) is 0 Å². The van der Waals surface area contributed by atoms with Crippen LogP contribution in [0, 0.1) is 11.3 Å². The van der Waals surface area contributed by atoms with Gasteiger partial charge in [0.25, 0.3) is 0 Å². The second-order valence-electron chi connectivity index (χ2n) is 6.96. The van der Waals surface area contributed by atoms with Gasteiger partial charge in [-0.05, 0) is 12.1 Å². The molecule has 0 radical (unpaired) electrons. The van der Waals surface area contributed by atoms with Crippen LogP contribution < -0.4 is 10.1 Å². The number of nitriles is 1. The van der Waals surface area contributed by atoms with Crippen molar-refractivity contribution in [3.05, 3.63) is 77.7 Å². The van der Waals surface area contributed by atoms with Crippen LogP contribution >= 0.6 is 0 Å². The zero-order valence-corrected chi connectivity index (χ0v) is 15.8. The van der Waals surface area contributed by atoms with Crippen LogP contribution in [0.2, 0.25) is 0 Å². The Morgan fingerprint density at radius 2 is 1.97 bits per heavy atom. The number of benzene rings is 2. The summed E-state index contributed by atoms with van der Waals surface area (Å²) in [6.45, 7) is 1.10. The zero-order chi connectivity index (χ0) is 19.8. The van der Waals surface area contributed by atoms with Crippen LogP contribution in [-0.2, 0) is 20.2 Å². The molecule has 0 aliphatic carbocycles. The predicted molar refractivity (Wildman–Crippen MR) is 109 cm³/mol. The molecule has 0 atom stereocenters. The molecule has 0 saturated heterocycles. The van der Waals surface area contributed by atoms with Crippen LogP contribution in [-0.4, -0.2) is 19.6 Å². The number of rotatable bonds is 3. The Kier molecular flexibility index (Phi) is 4.03. The topological polar surface area (TPSA) is 80.7 Å². The molecule has 2 aromatic heterocycles. The van der Waals surface area contributed by atoms with Crippen LogP contribution in [0.1, 0.15) is 17.0 Å². The Morgan fingerprint density at radius 1 is 1.10 bits per heavy atom. The van der Waals surface area contributed by atoms with Crippen LogP contribution in [0.15, 0.2) is 60.8 Å². The Bertz CT molecular complexity index is 1230. The number of hydrogen-bond acceptors (Lipinski definition) is 5. The molecule has 0 saturated carbocycles. The smallest absolute Gasteiger partial charge is 0.185 e. The van der Waals surface area contributed by atoms with E-state index in [0.29, 0.717) is 24.5 Å². The number of fused-ring (bicyclic) bond motifs is 2. The van der Waals surface area contributed by atoms with Crippen molar-refractivity contribution in [1.82, 2.24) is 19.6 Å². The van der Waals surface area contributed by atoms with E-state index in [4.69, 9.17) is 9.84 Å². The third-order valence-corrected chi connectivity index (χ3v) is 4.91. The van der Waals surface area contributed by atoms with E-state index >= 15 is 0 Å². The predicted octanol–water partition coefficient (Wildman–Crippen LogP) is 3.84. The number of nitrogens with one attached hydrogen (secondary N) is 1. The molecule has 142 valence electrons. The summed E-state index contributed by atoms with van der Waals surface area (Å²) in [6, 6.07) is 20.3. The van der Waals surface area contributed by atoms with Crippen molar-refractivity contribution < 1.29 is 4.74 Å². The molecular weight excluding hydrogens is 364 g/mol. The summed E-state index contributed by atoms with van der Waals surface area (Å²) in [5.74, 6) is 0.809. The van der Waals surface area contributed by atoms with Crippen molar-refractivity contribution in [2.24, 2.45) is 7.05 Å². The molecule has 1 aliphatic rings. The molecule has 0 spiro atoms. The molecule has 7 nitrogen and oxygen atoms in total. The number of aromatic nitrogens is 4. The molecule has 0 bridgehead atoms. The van der Waals surface area contributed by atoms with Gasteiger partial charge in [-0.25, -0.2) is 0 Å². The maximum atomic E-state index is 9.22. The van der Waals surface area contributed by atoms with E-state index < -0.39 is 0 Å². The van der Waals surface area contributed by atoms with Gasteiger partial charge in [0.15, 0.2) is 5.69 Å². The first kappa shape index (κ1) is 17.1. The Labute approximate surface area is 167 Å². The first-order valence-corrected chi connectivity index (χ1v) is 9.28. The summed E-state index contributed by atoms with van der Waals surface area (Å²) >= 11 is 0. The van der Waals surface area contributed by atoms with Crippen molar-refractivity contribution in [2.45, 2.75) is 13.2 Å². The van der Waals surface area contributed by atoms with Crippen molar-refractivity contribution in [3.8, 4) is 23.1 Å². The lowest BCUT2D eigenvalue weighted by atomic mass is 10.1. The van der Waals surface area contributed by atoms with Crippen molar-refractivity contribution in [3.63, 3.8) is 0 Å². The fraction of sp³-hybridized carbons (Fsp3) is 0.136. The van der Waals surface area contributed by atoms with Crippen LogP contribution in [0.5, 0.6) is 5.75 Å². The monoisotopic (exact) mass is 382 g/mol. The molecule has 4 aromatic rings. The van der Waals surface area contributed by atoms with Crippen molar-refractivity contribution in [1.29, 1.82) is 5.26 Å². The van der Waals surface area contributed by atoms with E-state index in [9.17, 15) is 5.26 Å². The molecule has 0 unspecified atom stereocenters. The van der Waals surface area contributed by atoms with Gasteiger partial charge < -0.3 is 10.1 Å². The van der Waals surface area contributed by atoms with Gasteiger partial charge in [0.1, 0.15) is 18.4 Å². The summed E-state index contributed by atoms with van der Waals surface area (Å²) < 4.78 is 9.69. The summed E-state index contributed by atoms with van der Waals surface area (Å²) in [6.07, 6.45) is 1.78. The molecule has 29 heavy (non-hydrogen) atoms. The SMILES string of the molecule is Cn1cc(Nc2ccc3c(c2)OCc2cc(-c4ccccc4)nn2C3)c(C#N)n1. The van der Waals surface area contributed by atoms with Gasteiger partial charge in [-0.2, -0.15) is 15.5 Å². The molecule has 0 fully saturated rings. The normalized spacial score (nSPS) is 12.3. The second kappa shape index (κ2) is 6.84. The molecule has 3 heterocycles. The van der Waals surface area contributed by atoms with E-state index in [1.165, 1.54) is 0 Å². The van der Waals surface area contributed by atoms with Crippen LogP contribution in [0.25, 0.3) is 11.3 Å². The van der Waals surface area contributed by atoms with Gasteiger partial charge in [-0.1, -0.05) is 36.4 Å². The summed E-state index contributed by atoms with van der Waals surface area (Å²) in [4.78, 5) is 0. The Hall–Kier alpha value is -4.05. The maximum Gasteiger partial charge on any atom is 0.185 e. The highest BCUT2D eigenvalue weighted by Gasteiger charge is 2.18. The van der Waals surface area contributed by atoms with Gasteiger partial charge in [0, 0.05) is 36.1 Å². The Balaban J connectivity index is 1.41. The van der Waals surface area contributed by atoms with Crippen LogP contribution in [0.4, 0.5) is 11.4 Å². The largest absolute Gasteiger partial charge is 0.487 e. The molecule has 1 N–H and O–H groups in total. The van der Waals surface area contributed by atoms with E-state index in [1.54, 1.807) is 17.9 Å². The van der Waals surface area contributed by atoms with Gasteiger partial charge in [0.05, 0.1) is 23.6 Å². The lowest BCUT2D eigenvalue weighted by Crippen LogP contribution is -2.04. The van der Waals surface area contributed by atoms with Gasteiger partial charge in [-0.3, -0.25) is 9.36 Å². The number of hydrogen-bond donors (Lipinski definition) is 1. The van der Waals surface area contributed by atoms with E-state index in [-0.39, 0.29) is 0 Å². The summed E-state index contributed by atoms with van der Waals surface area (Å²) in [5, 5.41) is 21.4. The quantitative estimate of drug-likeness (QED) is 0.582. The molecule has 1 aliphatic heterocycles. The van der Waals surface area contributed by atoms with Gasteiger partial charge in [0.2, 0.25) is 0 Å². The fourth-order valence-corrected chi connectivity index (χ4v) is 3.49. The van der Waals surface area contributed by atoms with Gasteiger partial charge in [-0.15, -0.1) is 0 Å². The average molecular weight is 382 g/mol. The maximum absolute atomic E-state index is 9.22. The first-order chi connectivity index (χ1) is 14.2. The third kappa shape index (κ3) is 3.21. The molecule has 2 aromatic carbocycles. The summed E-state index contributed by atoms with van der Waals surface area (Å²) in [7, 11) is 1.79. The Morgan fingerprint density at radius 3 is 2.79 bits per heavy atom. The standard InChI is InChI=1S/C22H18N6O/c1-27-13-21(20(11-23)25-27)24-17-8-7-16-12-28-18(14-29-22(16)9-17)10-19(26-28)15-5-3-2-4-6-15/h2-10,13,24H,12,14H2,1H3. The van der Waals surface area contributed by atoms with Gasteiger partial charge >= 0.3 is 0 Å². The minimum absolute atomic E-state index is 0.358. The number of anilines is 2. The lowest BCUT2D eigenvalue weighted by molar-refractivity contribution is 0.302. The average Bonchev–Trinajstić information content (AvgIpc) is 3.26. The van der Waals surface area contributed by atoms with E-state index in [0.717, 1.165) is 34.0 Å². The van der Waals surface area contributed by atoms with E-state index in [2.05, 4.69) is 34.7 Å². The molecular formula is C22H18N6O. The second-order valence-corrected chi connectivity index (χ2v) is 6.96. The first-order valence-electron chi connectivity index (χ1n) is 9.28. The minimum Gasteiger partial charge on any atom is -0.487 e. The van der Waals surface area contributed by atoms with Crippen molar-refractivity contribution >= 4 is 11.4 Å². The zero-order valence-electron chi connectivity index (χ0n) is 15.8. The molecule has 0 amide bonds.